The third kappa shape index (κ3) is 5.40. The summed E-state index contributed by atoms with van der Waals surface area (Å²) in [5.74, 6) is -0.295. The minimum absolute atomic E-state index is 0.0494. The Hall–Kier alpha value is -2.36. The number of rotatable bonds is 7. The molecule has 3 nitrogen and oxygen atoms in total. The van der Waals surface area contributed by atoms with Crippen molar-refractivity contribution in [3.05, 3.63) is 65.5 Å². The largest absolute Gasteiger partial charge is 0.374 e. The SMILES string of the molecule is CCc1ccc(NC(C)C(=O)NCCc2ccc(F)cc2)cc1. The second kappa shape index (κ2) is 8.32. The summed E-state index contributed by atoms with van der Waals surface area (Å²) in [6.45, 7) is 4.48. The van der Waals surface area contributed by atoms with Crippen molar-refractivity contribution in [2.24, 2.45) is 0 Å². The Morgan fingerprint density at radius 1 is 1.04 bits per heavy atom. The lowest BCUT2D eigenvalue weighted by Gasteiger charge is -2.15. The molecule has 0 radical (unpaired) electrons. The predicted molar refractivity (Wildman–Crippen MR) is 92.0 cm³/mol. The highest BCUT2D eigenvalue weighted by Crippen LogP contribution is 2.11. The average molecular weight is 314 g/mol. The van der Waals surface area contributed by atoms with Gasteiger partial charge < -0.3 is 10.6 Å². The lowest BCUT2D eigenvalue weighted by Crippen LogP contribution is -2.38. The Morgan fingerprint density at radius 3 is 2.26 bits per heavy atom. The van der Waals surface area contributed by atoms with E-state index in [0.717, 1.165) is 17.7 Å². The number of aryl methyl sites for hydroxylation is 1. The molecule has 2 aromatic rings. The van der Waals surface area contributed by atoms with E-state index >= 15 is 0 Å². The Kier molecular flexibility index (Phi) is 6.15. The summed E-state index contributed by atoms with van der Waals surface area (Å²) < 4.78 is 12.8. The first-order chi connectivity index (χ1) is 11.1. The van der Waals surface area contributed by atoms with Gasteiger partial charge in [0.15, 0.2) is 0 Å². The van der Waals surface area contributed by atoms with Gasteiger partial charge in [0.2, 0.25) is 5.91 Å². The van der Waals surface area contributed by atoms with Crippen LogP contribution in [0.15, 0.2) is 48.5 Å². The monoisotopic (exact) mass is 314 g/mol. The van der Waals surface area contributed by atoms with E-state index in [0.29, 0.717) is 13.0 Å². The van der Waals surface area contributed by atoms with Crippen molar-refractivity contribution in [2.75, 3.05) is 11.9 Å². The fraction of sp³-hybridized carbons (Fsp3) is 0.316. The summed E-state index contributed by atoms with van der Waals surface area (Å²) in [5, 5.41) is 6.08. The van der Waals surface area contributed by atoms with Crippen molar-refractivity contribution in [3.8, 4) is 0 Å². The van der Waals surface area contributed by atoms with Gasteiger partial charge in [0.05, 0.1) is 0 Å². The zero-order chi connectivity index (χ0) is 16.7. The van der Waals surface area contributed by atoms with Crippen molar-refractivity contribution in [3.63, 3.8) is 0 Å². The molecule has 2 aromatic carbocycles. The maximum absolute atomic E-state index is 12.8. The van der Waals surface area contributed by atoms with Crippen molar-refractivity contribution >= 4 is 11.6 Å². The standard InChI is InChI=1S/C19H23FN2O/c1-3-15-6-10-18(11-7-15)22-14(2)19(23)21-13-12-16-4-8-17(20)9-5-16/h4-11,14,22H,3,12-13H2,1-2H3,(H,21,23). The summed E-state index contributed by atoms with van der Waals surface area (Å²) >= 11 is 0. The third-order valence-electron chi connectivity index (χ3n) is 3.76. The molecule has 0 saturated heterocycles. The summed E-state index contributed by atoms with van der Waals surface area (Å²) in [5.41, 5.74) is 3.21. The topological polar surface area (TPSA) is 41.1 Å². The number of carbonyl (C=O) groups excluding carboxylic acids is 1. The van der Waals surface area contributed by atoms with Gasteiger partial charge in [-0.15, -0.1) is 0 Å². The molecule has 0 bridgehead atoms. The number of hydrogen-bond donors (Lipinski definition) is 2. The van der Waals surface area contributed by atoms with Gasteiger partial charge in [-0.3, -0.25) is 4.79 Å². The Balaban J connectivity index is 1.76. The maximum atomic E-state index is 12.8. The predicted octanol–water partition coefficient (Wildman–Crippen LogP) is 3.55. The van der Waals surface area contributed by atoms with Gasteiger partial charge >= 0.3 is 0 Å². The minimum Gasteiger partial charge on any atom is -0.374 e. The molecular formula is C19H23FN2O. The fourth-order valence-corrected chi connectivity index (χ4v) is 2.29. The molecule has 1 amide bonds. The second-order valence-electron chi connectivity index (χ2n) is 5.58. The van der Waals surface area contributed by atoms with Gasteiger partial charge in [-0.2, -0.15) is 0 Å². The van der Waals surface area contributed by atoms with Crippen LogP contribution in [0.4, 0.5) is 10.1 Å². The van der Waals surface area contributed by atoms with E-state index in [2.05, 4.69) is 29.7 Å². The summed E-state index contributed by atoms with van der Waals surface area (Å²) in [6, 6.07) is 14.1. The molecule has 2 N–H and O–H groups in total. The second-order valence-corrected chi connectivity index (χ2v) is 5.58. The van der Waals surface area contributed by atoms with E-state index in [9.17, 15) is 9.18 Å². The van der Waals surface area contributed by atoms with Crippen molar-refractivity contribution in [1.29, 1.82) is 0 Å². The van der Waals surface area contributed by atoms with Crippen molar-refractivity contribution in [2.45, 2.75) is 32.7 Å². The minimum atomic E-state index is -0.310. The van der Waals surface area contributed by atoms with Crippen molar-refractivity contribution < 1.29 is 9.18 Å². The van der Waals surface area contributed by atoms with Crippen LogP contribution >= 0.6 is 0 Å². The molecule has 0 saturated carbocycles. The molecule has 122 valence electrons. The molecular weight excluding hydrogens is 291 g/mol. The molecule has 0 heterocycles. The van der Waals surface area contributed by atoms with Crippen LogP contribution < -0.4 is 10.6 Å². The molecule has 0 spiro atoms. The number of nitrogens with one attached hydrogen (secondary N) is 2. The molecule has 0 fully saturated rings. The molecule has 0 aliphatic rings. The number of benzene rings is 2. The Bertz CT molecular complexity index is 623. The highest BCUT2D eigenvalue weighted by atomic mass is 19.1. The first-order valence-electron chi connectivity index (χ1n) is 7.96. The zero-order valence-corrected chi connectivity index (χ0v) is 13.6. The summed E-state index contributed by atoms with van der Waals surface area (Å²) in [4.78, 5) is 12.1. The van der Waals surface area contributed by atoms with Crippen LogP contribution in [-0.4, -0.2) is 18.5 Å². The molecule has 0 aliphatic carbocycles. The van der Waals surface area contributed by atoms with E-state index < -0.39 is 0 Å². The van der Waals surface area contributed by atoms with E-state index in [1.54, 1.807) is 12.1 Å². The van der Waals surface area contributed by atoms with E-state index in [4.69, 9.17) is 0 Å². The first kappa shape index (κ1) is 17.0. The van der Waals surface area contributed by atoms with Gasteiger partial charge in [0.25, 0.3) is 0 Å². The van der Waals surface area contributed by atoms with Crippen LogP contribution in [-0.2, 0) is 17.6 Å². The van der Waals surface area contributed by atoms with Gasteiger partial charge in [-0.05, 0) is 55.2 Å². The van der Waals surface area contributed by atoms with E-state index in [-0.39, 0.29) is 17.8 Å². The molecule has 23 heavy (non-hydrogen) atoms. The van der Waals surface area contributed by atoms with Gasteiger partial charge in [0, 0.05) is 12.2 Å². The number of hydrogen-bond acceptors (Lipinski definition) is 2. The molecule has 4 heteroatoms. The van der Waals surface area contributed by atoms with Gasteiger partial charge in [0.1, 0.15) is 11.9 Å². The number of anilines is 1. The number of halogens is 1. The van der Waals surface area contributed by atoms with Crippen LogP contribution in [0.5, 0.6) is 0 Å². The first-order valence-corrected chi connectivity index (χ1v) is 7.96. The third-order valence-corrected chi connectivity index (χ3v) is 3.76. The normalized spacial score (nSPS) is 11.8. The van der Waals surface area contributed by atoms with Crippen LogP contribution in [0.2, 0.25) is 0 Å². The number of carbonyl (C=O) groups is 1. The van der Waals surface area contributed by atoms with E-state index in [1.807, 2.05) is 19.1 Å². The highest BCUT2D eigenvalue weighted by molar-refractivity contribution is 5.84. The van der Waals surface area contributed by atoms with Crippen LogP contribution in [0.25, 0.3) is 0 Å². The average Bonchev–Trinajstić information content (AvgIpc) is 2.57. The molecule has 1 atom stereocenters. The van der Waals surface area contributed by atoms with Crippen molar-refractivity contribution in [1.82, 2.24) is 5.32 Å². The van der Waals surface area contributed by atoms with E-state index in [1.165, 1.54) is 17.7 Å². The maximum Gasteiger partial charge on any atom is 0.242 e. The zero-order valence-electron chi connectivity index (χ0n) is 13.6. The summed E-state index contributed by atoms with van der Waals surface area (Å²) in [7, 11) is 0. The fourth-order valence-electron chi connectivity index (χ4n) is 2.29. The number of amides is 1. The highest BCUT2D eigenvalue weighted by Gasteiger charge is 2.11. The van der Waals surface area contributed by atoms with Crippen LogP contribution in [0.3, 0.4) is 0 Å². The van der Waals surface area contributed by atoms with Gasteiger partial charge in [-0.1, -0.05) is 31.2 Å². The van der Waals surface area contributed by atoms with Crippen LogP contribution in [0.1, 0.15) is 25.0 Å². The molecule has 1 unspecified atom stereocenters. The van der Waals surface area contributed by atoms with Crippen LogP contribution in [0, 0.1) is 5.82 Å². The molecule has 0 aliphatic heterocycles. The lowest BCUT2D eigenvalue weighted by atomic mass is 10.1. The quantitative estimate of drug-likeness (QED) is 0.820. The lowest BCUT2D eigenvalue weighted by molar-refractivity contribution is -0.121. The molecule has 0 aromatic heterocycles. The smallest absolute Gasteiger partial charge is 0.242 e. The van der Waals surface area contributed by atoms with Gasteiger partial charge in [-0.25, -0.2) is 4.39 Å². The Labute approximate surface area is 136 Å². The summed E-state index contributed by atoms with van der Waals surface area (Å²) in [6.07, 6.45) is 1.68. The Morgan fingerprint density at radius 2 is 1.65 bits per heavy atom. The molecule has 2 rings (SSSR count).